The third-order valence-corrected chi connectivity index (χ3v) is 4.87. The molecule has 3 N–H and O–H groups in total. The fourth-order valence-corrected chi connectivity index (χ4v) is 3.17. The lowest BCUT2D eigenvalue weighted by molar-refractivity contribution is -0.150. The molecule has 142 valence electrons. The molecular weight excluding hydrogens is 324 g/mol. The summed E-state index contributed by atoms with van der Waals surface area (Å²) in [5.41, 5.74) is 5.79. The van der Waals surface area contributed by atoms with Crippen LogP contribution < -0.4 is 11.1 Å². The van der Waals surface area contributed by atoms with Gasteiger partial charge >= 0.3 is 0 Å². The first-order valence-electron chi connectivity index (χ1n) is 9.11. The molecule has 0 spiro atoms. The van der Waals surface area contributed by atoms with Crippen molar-refractivity contribution in [3.63, 3.8) is 0 Å². The number of morpholine rings is 1. The molecule has 0 bridgehead atoms. The van der Waals surface area contributed by atoms with Crippen LogP contribution in [0.5, 0.6) is 0 Å². The van der Waals surface area contributed by atoms with Gasteiger partial charge < -0.3 is 25.6 Å². The maximum absolute atomic E-state index is 12.8. The number of nitrogens with zero attached hydrogens (tertiary/aromatic N) is 2. The highest BCUT2D eigenvalue weighted by molar-refractivity contribution is 5.91. The van der Waals surface area contributed by atoms with Crippen molar-refractivity contribution in [2.45, 2.75) is 45.2 Å². The molecule has 0 saturated carbocycles. The number of amides is 3. The molecule has 0 aliphatic carbocycles. The molecule has 8 heteroatoms. The van der Waals surface area contributed by atoms with E-state index in [4.69, 9.17) is 10.5 Å². The maximum Gasteiger partial charge on any atom is 0.245 e. The predicted molar refractivity (Wildman–Crippen MR) is 92.6 cm³/mol. The minimum Gasteiger partial charge on any atom is -0.378 e. The minimum absolute atomic E-state index is 0.000681. The lowest BCUT2D eigenvalue weighted by Crippen LogP contribution is -2.57. The summed E-state index contributed by atoms with van der Waals surface area (Å²) >= 11 is 0. The zero-order valence-corrected chi connectivity index (χ0v) is 15.2. The van der Waals surface area contributed by atoms with E-state index in [1.165, 1.54) is 0 Å². The summed E-state index contributed by atoms with van der Waals surface area (Å²) in [6.45, 7) is 6.35. The van der Waals surface area contributed by atoms with Gasteiger partial charge in [0, 0.05) is 19.6 Å². The molecule has 0 aromatic rings. The van der Waals surface area contributed by atoms with Crippen molar-refractivity contribution in [2.75, 3.05) is 39.4 Å². The normalized spacial score (nSPS) is 22.6. The van der Waals surface area contributed by atoms with Crippen LogP contribution in [0, 0.1) is 5.92 Å². The number of likely N-dealkylation sites (tertiary alicyclic amines) is 1. The third-order valence-electron chi connectivity index (χ3n) is 4.87. The Morgan fingerprint density at radius 3 is 2.48 bits per heavy atom. The second-order valence-corrected chi connectivity index (χ2v) is 7.02. The summed E-state index contributed by atoms with van der Waals surface area (Å²) in [6.07, 6.45) is 2.47. The number of rotatable bonds is 5. The Morgan fingerprint density at radius 2 is 1.84 bits per heavy atom. The van der Waals surface area contributed by atoms with E-state index in [2.05, 4.69) is 5.32 Å². The molecule has 2 aliphatic heterocycles. The number of hydrogen-bond donors (Lipinski definition) is 2. The first-order valence-corrected chi connectivity index (χ1v) is 9.11. The van der Waals surface area contributed by atoms with Gasteiger partial charge in [-0.3, -0.25) is 14.4 Å². The van der Waals surface area contributed by atoms with Crippen molar-refractivity contribution in [1.29, 1.82) is 0 Å². The van der Waals surface area contributed by atoms with Crippen molar-refractivity contribution in [3.8, 4) is 0 Å². The monoisotopic (exact) mass is 354 g/mol. The van der Waals surface area contributed by atoms with Gasteiger partial charge in [0.1, 0.15) is 6.04 Å². The molecule has 0 radical (unpaired) electrons. The van der Waals surface area contributed by atoms with Crippen LogP contribution in [0.15, 0.2) is 0 Å². The van der Waals surface area contributed by atoms with Gasteiger partial charge in [0.2, 0.25) is 17.7 Å². The Hall–Kier alpha value is -1.67. The summed E-state index contributed by atoms with van der Waals surface area (Å²) < 4.78 is 5.28. The van der Waals surface area contributed by atoms with Crippen LogP contribution in [-0.4, -0.2) is 79.0 Å². The lowest BCUT2D eigenvalue weighted by Gasteiger charge is -2.38. The van der Waals surface area contributed by atoms with Gasteiger partial charge in [-0.1, -0.05) is 13.8 Å². The van der Waals surface area contributed by atoms with E-state index >= 15 is 0 Å². The summed E-state index contributed by atoms with van der Waals surface area (Å²) in [5.74, 6) is -0.575. The number of carbonyl (C=O) groups is 3. The van der Waals surface area contributed by atoms with Crippen LogP contribution in [0.3, 0.4) is 0 Å². The van der Waals surface area contributed by atoms with E-state index in [1.54, 1.807) is 9.80 Å². The topological polar surface area (TPSA) is 105 Å². The Morgan fingerprint density at radius 1 is 1.16 bits per heavy atom. The fraction of sp³-hybridized carbons (Fsp3) is 0.824. The smallest absolute Gasteiger partial charge is 0.245 e. The second kappa shape index (κ2) is 9.15. The molecule has 3 amide bonds. The van der Waals surface area contributed by atoms with Crippen LogP contribution in [-0.2, 0) is 19.1 Å². The molecule has 0 aromatic carbocycles. The highest BCUT2D eigenvalue weighted by Crippen LogP contribution is 2.19. The maximum atomic E-state index is 12.8. The largest absolute Gasteiger partial charge is 0.378 e. The number of nitrogens with two attached hydrogens (primary N) is 1. The van der Waals surface area contributed by atoms with E-state index < -0.39 is 12.1 Å². The van der Waals surface area contributed by atoms with Crippen LogP contribution in [0.2, 0.25) is 0 Å². The minimum atomic E-state index is -0.639. The molecular formula is C17H30N4O4. The summed E-state index contributed by atoms with van der Waals surface area (Å²) in [4.78, 5) is 40.7. The average Bonchev–Trinajstić information content (AvgIpc) is 2.65. The zero-order chi connectivity index (χ0) is 18.4. The molecule has 1 unspecified atom stereocenters. The number of nitrogens with one attached hydrogen (secondary N) is 1. The van der Waals surface area contributed by atoms with Crippen molar-refractivity contribution >= 4 is 17.7 Å². The molecule has 0 aromatic heterocycles. The van der Waals surface area contributed by atoms with Crippen LogP contribution in [0.1, 0.15) is 33.1 Å². The Balaban J connectivity index is 1.93. The van der Waals surface area contributed by atoms with Gasteiger partial charge in [-0.25, -0.2) is 0 Å². The Kier molecular flexibility index (Phi) is 7.19. The first kappa shape index (κ1) is 19.7. The predicted octanol–water partition coefficient (Wildman–Crippen LogP) is -0.674. The highest BCUT2D eigenvalue weighted by Gasteiger charge is 2.35. The molecule has 2 saturated heterocycles. The van der Waals surface area contributed by atoms with E-state index in [-0.39, 0.29) is 30.2 Å². The van der Waals surface area contributed by atoms with Crippen LogP contribution >= 0.6 is 0 Å². The number of hydrogen-bond acceptors (Lipinski definition) is 5. The molecule has 25 heavy (non-hydrogen) atoms. The Bertz CT molecular complexity index is 491. The molecule has 8 nitrogen and oxygen atoms in total. The summed E-state index contributed by atoms with van der Waals surface area (Å²) in [7, 11) is 0. The van der Waals surface area contributed by atoms with Gasteiger partial charge in [-0.05, 0) is 25.2 Å². The van der Waals surface area contributed by atoms with Crippen molar-refractivity contribution in [1.82, 2.24) is 15.1 Å². The van der Waals surface area contributed by atoms with E-state index in [9.17, 15) is 14.4 Å². The number of carbonyl (C=O) groups excluding carboxylic acids is 3. The van der Waals surface area contributed by atoms with Gasteiger partial charge in [0.25, 0.3) is 0 Å². The summed E-state index contributed by atoms with van der Waals surface area (Å²) in [5, 5.41) is 2.60. The van der Waals surface area contributed by atoms with E-state index in [0.717, 1.165) is 12.8 Å². The van der Waals surface area contributed by atoms with Gasteiger partial charge in [-0.15, -0.1) is 0 Å². The summed E-state index contributed by atoms with van der Waals surface area (Å²) in [6, 6.07) is -1.07. The van der Waals surface area contributed by atoms with Gasteiger partial charge in [-0.2, -0.15) is 0 Å². The quantitative estimate of drug-likeness (QED) is 0.681. The van der Waals surface area contributed by atoms with E-state index in [1.807, 2.05) is 13.8 Å². The van der Waals surface area contributed by atoms with Crippen molar-refractivity contribution in [3.05, 3.63) is 0 Å². The second-order valence-electron chi connectivity index (χ2n) is 7.02. The average molecular weight is 354 g/mol. The number of piperidine rings is 1. The Labute approximate surface area is 149 Å². The molecule has 2 rings (SSSR count). The zero-order valence-electron chi connectivity index (χ0n) is 15.2. The van der Waals surface area contributed by atoms with Gasteiger partial charge in [0.15, 0.2) is 0 Å². The highest BCUT2D eigenvalue weighted by atomic mass is 16.5. The van der Waals surface area contributed by atoms with Crippen molar-refractivity contribution in [2.24, 2.45) is 11.7 Å². The van der Waals surface area contributed by atoms with Crippen LogP contribution in [0.25, 0.3) is 0 Å². The molecule has 2 fully saturated rings. The van der Waals surface area contributed by atoms with Crippen molar-refractivity contribution < 1.29 is 19.1 Å². The third kappa shape index (κ3) is 5.15. The van der Waals surface area contributed by atoms with Gasteiger partial charge in [0.05, 0.1) is 25.8 Å². The SMILES string of the molecule is CC(C)[C@H](N)C(=O)NCC(=O)N1CCCCC1C(=O)N1CCOCC1. The fourth-order valence-electron chi connectivity index (χ4n) is 3.17. The lowest BCUT2D eigenvalue weighted by atomic mass is 10.0. The van der Waals surface area contributed by atoms with E-state index in [0.29, 0.717) is 39.3 Å². The number of ether oxygens (including phenoxy) is 1. The molecule has 2 atom stereocenters. The van der Waals surface area contributed by atoms with Crippen LogP contribution in [0.4, 0.5) is 0 Å². The molecule has 2 aliphatic rings. The first-order chi connectivity index (χ1) is 11.9. The molecule has 2 heterocycles. The standard InChI is InChI=1S/C17H30N4O4/c1-12(2)15(18)16(23)19-11-14(22)21-6-4-3-5-13(21)17(24)20-7-9-25-10-8-20/h12-13,15H,3-11,18H2,1-2H3,(H,19,23)/t13?,15-/m0/s1.